The molecule has 0 atom stereocenters. The van der Waals surface area contributed by atoms with Crippen molar-refractivity contribution in [1.82, 2.24) is 14.9 Å². The summed E-state index contributed by atoms with van der Waals surface area (Å²) in [6.07, 6.45) is 2.06. The fraction of sp³-hybridized carbons (Fsp3) is 0.333. The van der Waals surface area contributed by atoms with Crippen LogP contribution in [0.2, 0.25) is 0 Å². The molecule has 1 aromatic carbocycles. The van der Waals surface area contributed by atoms with Crippen LogP contribution < -0.4 is 11.1 Å². The third kappa shape index (κ3) is 2.42. The number of hydrogen-bond donors (Lipinski definition) is 2. The average molecular weight is 327 g/mol. The van der Waals surface area contributed by atoms with E-state index >= 15 is 0 Å². The van der Waals surface area contributed by atoms with E-state index in [1.54, 1.807) is 10.6 Å². The highest BCUT2D eigenvalue weighted by Gasteiger charge is 2.24. The number of aromatic nitrogens is 2. The molecule has 0 spiro atoms. The van der Waals surface area contributed by atoms with Gasteiger partial charge in [0.2, 0.25) is 11.9 Å². The Morgan fingerprint density at radius 1 is 1.58 bits per heavy atom. The summed E-state index contributed by atoms with van der Waals surface area (Å²) in [5, 5.41) is 2.88. The van der Waals surface area contributed by atoms with E-state index in [1.807, 2.05) is 0 Å². The highest BCUT2D eigenvalue weighted by atomic mass is 79.9. The number of anilines is 1. The third-order valence-electron chi connectivity index (χ3n) is 3.06. The molecule has 0 saturated heterocycles. The first-order chi connectivity index (χ1) is 9.04. The Hall–Kier alpha value is -1.63. The first-order valence-electron chi connectivity index (χ1n) is 5.94. The predicted octanol–water partition coefficient (Wildman–Crippen LogP) is 1.80. The molecule has 3 rings (SSSR count). The maximum atomic E-state index is 13.4. The minimum absolute atomic E-state index is 0.0942. The van der Waals surface area contributed by atoms with Gasteiger partial charge in [0.25, 0.3) is 0 Å². The number of nitrogen functional groups attached to an aromatic ring is 1. The lowest BCUT2D eigenvalue weighted by atomic mass is 10.3. The number of halogens is 2. The first kappa shape index (κ1) is 12.4. The number of carbonyl (C=O) groups is 1. The van der Waals surface area contributed by atoms with E-state index in [4.69, 9.17) is 5.73 Å². The lowest BCUT2D eigenvalue weighted by Gasteiger charge is -2.07. The highest BCUT2D eigenvalue weighted by molar-refractivity contribution is 9.10. The summed E-state index contributed by atoms with van der Waals surface area (Å²) >= 11 is 3.12. The van der Waals surface area contributed by atoms with Crippen molar-refractivity contribution in [2.24, 2.45) is 0 Å². The first-order valence-corrected chi connectivity index (χ1v) is 6.74. The van der Waals surface area contributed by atoms with E-state index in [9.17, 15) is 9.18 Å². The van der Waals surface area contributed by atoms with Gasteiger partial charge in [-0.1, -0.05) is 0 Å². The van der Waals surface area contributed by atoms with Crippen molar-refractivity contribution in [3.05, 3.63) is 22.4 Å². The Morgan fingerprint density at radius 2 is 2.32 bits per heavy atom. The molecule has 1 fully saturated rings. The van der Waals surface area contributed by atoms with Gasteiger partial charge < -0.3 is 15.6 Å². The molecular weight excluding hydrogens is 315 g/mol. The summed E-state index contributed by atoms with van der Waals surface area (Å²) in [4.78, 5) is 15.9. The zero-order chi connectivity index (χ0) is 13.6. The summed E-state index contributed by atoms with van der Waals surface area (Å²) in [5.41, 5.74) is 6.86. The number of amides is 1. The van der Waals surface area contributed by atoms with Crippen molar-refractivity contribution in [1.29, 1.82) is 0 Å². The summed E-state index contributed by atoms with van der Waals surface area (Å²) in [5.74, 6) is -0.299. The number of carbonyl (C=O) groups excluding carboxylic acids is 1. The van der Waals surface area contributed by atoms with Gasteiger partial charge >= 0.3 is 0 Å². The van der Waals surface area contributed by atoms with Crippen LogP contribution in [-0.2, 0) is 11.3 Å². The van der Waals surface area contributed by atoms with Gasteiger partial charge in [0, 0.05) is 12.1 Å². The molecule has 3 N–H and O–H groups in total. The number of fused-ring (bicyclic) bond motifs is 1. The maximum absolute atomic E-state index is 13.4. The molecule has 19 heavy (non-hydrogen) atoms. The Morgan fingerprint density at radius 3 is 3.00 bits per heavy atom. The van der Waals surface area contributed by atoms with E-state index in [2.05, 4.69) is 26.2 Å². The van der Waals surface area contributed by atoms with Crippen LogP contribution in [0.5, 0.6) is 0 Å². The molecule has 5 nitrogen and oxygen atoms in total. The van der Waals surface area contributed by atoms with Crippen LogP contribution in [0.1, 0.15) is 12.8 Å². The standard InChI is InChI=1S/C12H12BrFN4O/c13-7-3-10-9(4-8(7)14)17-12(15)18(10)5-11(19)16-6-1-2-6/h3-4,6H,1-2,5H2,(H2,15,17)(H,16,19). The van der Waals surface area contributed by atoms with E-state index < -0.39 is 5.82 Å². The van der Waals surface area contributed by atoms with E-state index in [0.29, 0.717) is 21.5 Å². The van der Waals surface area contributed by atoms with Crippen LogP contribution in [0.25, 0.3) is 11.0 Å². The molecular formula is C12H12BrFN4O. The molecule has 0 aliphatic heterocycles. The fourth-order valence-corrected chi connectivity index (χ4v) is 2.28. The third-order valence-corrected chi connectivity index (χ3v) is 3.67. The van der Waals surface area contributed by atoms with Crippen molar-refractivity contribution in [3.8, 4) is 0 Å². The topological polar surface area (TPSA) is 72.9 Å². The Bertz CT molecular complexity index is 665. The van der Waals surface area contributed by atoms with Crippen molar-refractivity contribution < 1.29 is 9.18 Å². The molecule has 0 bridgehead atoms. The molecule has 1 aromatic heterocycles. The zero-order valence-electron chi connectivity index (χ0n) is 9.99. The Balaban J connectivity index is 1.94. The van der Waals surface area contributed by atoms with E-state index in [0.717, 1.165) is 12.8 Å². The second kappa shape index (κ2) is 4.48. The quantitative estimate of drug-likeness (QED) is 0.903. The minimum atomic E-state index is -0.403. The average Bonchev–Trinajstić information content (AvgIpc) is 3.09. The molecule has 2 aromatic rings. The lowest BCUT2D eigenvalue weighted by molar-refractivity contribution is -0.121. The van der Waals surface area contributed by atoms with Crippen LogP contribution in [0.3, 0.4) is 0 Å². The number of nitrogens with two attached hydrogens (primary N) is 1. The normalized spacial score (nSPS) is 14.8. The van der Waals surface area contributed by atoms with Gasteiger partial charge in [-0.15, -0.1) is 0 Å². The smallest absolute Gasteiger partial charge is 0.240 e. The lowest BCUT2D eigenvalue weighted by Crippen LogP contribution is -2.29. The van der Waals surface area contributed by atoms with Crippen LogP contribution in [0, 0.1) is 5.82 Å². The van der Waals surface area contributed by atoms with Crippen molar-refractivity contribution >= 4 is 38.8 Å². The Labute approximate surface area is 117 Å². The highest BCUT2D eigenvalue weighted by Crippen LogP contribution is 2.25. The minimum Gasteiger partial charge on any atom is -0.369 e. The van der Waals surface area contributed by atoms with Crippen molar-refractivity contribution in [2.45, 2.75) is 25.4 Å². The second-order valence-corrected chi connectivity index (χ2v) is 5.51. The second-order valence-electron chi connectivity index (χ2n) is 4.65. The molecule has 1 aliphatic carbocycles. The number of benzene rings is 1. The maximum Gasteiger partial charge on any atom is 0.240 e. The molecule has 7 heteroatoms. The van der Waals surface area contributed by atoms with Gasteiger partial charge in [-0.3, -0.25) is 4.79 Å². The monoisotopic (exact) mass is 326 g/mol. The van der Waals surface area contributed by atoms with E-state index in [-0.39, 0.29) is 18.4 Å². The predicted molar refractivity (Wildman–Crippen MR) is 73.0 cm³/mol. The van der Waals surface area contributed by atoms with Crippen LogP contribution in [0.4, 0.5) is 10.3 Å². The van der Waals surface area contributed by atoms with Crippen molar-refractivity contribution in [3.63, 3.8) is 0 Å². The molecule has 1 saturated carbocycles. The van der Waals surface area contributed by atoms with Crippen molar-refractivity contribution in [2.75, 3.05) is 5.73 Å². The number of imidazole rings is 1. The molecule has 0 radical (unpaired) electrons. The number of nitrogens with zero attached hydrogens (tertiary/aromatic N) is 2. The van der Waals surface area contributed by atoms with Gasteiger partial charge in [0.15, 0.2) is 0 Å². The van der Waals surface area contributed by atoms with E-state index in [1.165, 1.54) is 6.07 Å². The van der Waals surface area contributed by atoms with Gasteiger partial charge in [-0.05, 0) is 34.8 Å². The molecule has 1 aliphatic rings. The number of nitrogens with one attached hydrogen (secondary N) is 1. The number of hydrogen-bond acceptors (Lipinski definition) is 3. The summed E-state index contributed by atoms with van der Waals surface area (Å²) in [6.45, 7) is 0.0942. The summed E-state index contributed by atoms with van der Waals surface area (Å²) in [7, 11) is 0. The number of rotatable bonds is 3. The Kier molecular flexibility index (Phi) is 2.93. The van der Waals surface area contributed by atoms with Gasteiger partial charge in [0.05, 0.1) is 15.5 Å². The van der Waals surface area contributed by atoms with Crippen LogP contribution >= 0.6 is 15.9 Å². The SMILES string of the molecule is Nc1nc2cc(F)c(Br)cc2n1CC(=O)NC1CC1. The molecule has 100 valence electrons. The van der Waals surface area contributed by atoms with Gasteiger partial charge in [0.1, 0.15) is 12.4 Å². The molecule has 0 unspecified atom stereocenters. The zero-order valence-corrected chi connectivity index (χ0v) is 11.6. The fourth-order valence-electron chi connectivity index (χ4n) is 1.95. The summed E-state index contributed by atoms with van der Waals surface area (Å²) < 4.78 is 15.3. The largest absolute Gasteiger partial charge is 0.369 e. The van der Waals surface area contributed by atoms with Crippen LogP contribution in [0.15, 0.2) is 16.6 Å². The van der Waals surface area contributed by atoms with Crippen LogP contribution in [-0.4, -0.2) is 21.5 Å². The molecule has 1 heterocycles. The molecule has 1 amide bonds. The van der Waals surface area contributed by atoms with Gasteiger partial charge in [-0.2, -0.15) is 0 Å². The summed E-state index contributed by atoms with van der Waals surface area (Å²) in [6, 6.07) is 3.18. The van der Waals surface area contributed by atoms with Gasteiger partial charge in [-0.25, -0.2) is 9.37 Å².